The van der Waals surface area contributed by atoms with E-state index in [0.717, 1.165) is 32.5 Å². The summed E-state index contributed by atoms with van der Waals surface area (Å²) >= 11 is 0. The van der Waals surface area contributed by atoms with Crippen molar-refractivity contribution in [1.82, 2.24) is 0 Å². The average molecular weight is 541 g/mol. The van der Waals surface area contributed by atoms with Crippen molar-refractivity contribution in [2.75, 3.05) is 132 Å². The second-order valence-corrected chi connectivity index (χ2v) is 8.45. The topological polar surface area (TPSA) is 92.3 Å². The number of rotatable bonds is 33. The van der Waals surface area contributed by atoms with Crippen LogP contribution in [0.4, 0.5) is 0 Å². The lowest BCUT2D eigenvalue weighted by molar-refractivity contribution is -0.0268. The first-order chi connectivity index (χ1) is 18.3. The van der Waals surface area contributed by atoms with Crippen molar-refractivity contribution in [3.63, 3.8) is 0 Å². The maximum absolute atomic E-state index is 5.53. The summed E-state index contributed by atoms with van der Waals surface area (Å²) < 4.78 is 54.6. The molecule has 1 atom stereocenters. The summed E-state index contributed by atoms with van der Waals surface area (Å²) in [7, 11) is 0. The van der Waals surface area contributed by atoms with Crippen molar-refractivity contribution in [2.24, 2.45) is 5.92 Å². The summed E-state index contributed by atoms with van der Waals surface area (Å²) in [5, 5.41) is 0. The number of ether oxygens (including phenoxy) is 10. The molecule has 0 saturated heterocycles. The Morgan fingerprint density at radius 1 is 0.351 bits per heavy atom. The highest BCUT2D eigenvalue weighted by molar-refractivity contribution is 4.46. The maximum Gasteiger partial charge on any atom is 0.0701 e. The van der Waals surface area contributed by atoms with Crippen molar-refractivity contribution in [1.29, 1.82) is 0 Å². The molecule has 0 aliphatic carbocycles. The molecular formula is C27H56O10. The highest BCUT2D eigenvalue weighted by Gasteiger charge is 1.98. The van der Waals surface area contributed by atoms with Crippen LogP contribution in [0, 0.1) is 5.92 Å². The van der Waals surface area contributed by atoms with Gasteiger partial charge in [-0.15, -0.1) is 0 Å². The first-order valence-corrected chi connectivity index (χ1v) is 14.1. The highest BCUT2D eigenvalue weighted by Crippen LogP contribution is 2.00. The van der Waals surface area contributed by atoms with Gasteiger partial charge in [-0.2, -0.15) is 0 Å². The molecule has 1 unspecified atom stereocenters. The molecule has 0 fully saturated rings. The van der Waals surface area contributed by atoms with Gasteiger partial charge in [0.25, 0.3) is 0 Å². The fourth-order valence-corrected chi connectivity index (χ4v) is 2.63. The Labute approximate surface area is 225 Å². The summed E-state index contributed by atoms with van der Waals surface area (Å²) in [6.07, 6.45) is 3.39. The molecule has 0 spiro atoms. The van der Waals surface area contributed by atoms with Crippen molar-refractivity contribution in [3.8, 4) is 0 Å². The van der Waals surface area contributed by atoms with Crippen molar-refractivity contribution in [3.05, 3.63) is 0 Å². The van der Waals surface area contributed by atoms with E-state index < -0.39 is 0 Å². The molecular weight excluding hydrogens is 484 g/mol. The van der Waals surface area contributed by atoms with Crippen LogP contribution in [0.1, 0.15) is 40.0 Å². The summed E-state index contributed by atoms with van der Waals surface area (Å²) in [5.74, 6) is 0.603. The number of hydrogen-bond donors (Lipinski definition) is 0. The first-order valence-electron chi connectivity index (χ1n) is 14.1. The SMILES string of the molecule is CCCCOCCOCCOCCOCCOCCOCCOCCOCCOCCOCC(C)CC. The lowest BCUT2D eigenvalue weighted by Crippen LogP contribution is -2.15. The molecule has 0 aromatic heterocycles. The Balaban J connectivity index is 3.02. The Morgan fingerprint density at radius 2 is 0.595 bits per heavy atom. The van der Waals surface area contributed by atoms with Crippen LogP contribution in [0.3, 0.4) is 0 Å². The first kappa shape index (κ1) is 36.6. The molecule has 0 aromatic rings. The zero-order valence-electron chi connectivity index (χ0n) is 23.9. The van der Waals surface area contributed by atoms with Crippen LogP contribution < -0.4 is 0 Å². The van der Waals surface area contributed by atoms with Crippen LogP contribution in [0.15, 0.2) is 0 Å². The minimum atomic E-state index is 0.533. The molecule has 0 rings (SSSR count). The molecule has 0 aromatic carbocycles. The third-order valence-electron chi connectivity index (χ3n) is 5.09. The lowest BCUT2D eigenvalue weighted by atomic mass is 10.1. The van der Waals surface area contributed by atoms with E-state index in [1.165, 1.54) is 0 Å². The van der Waals surface area contributed by atoms with Gasteiger partial charge >= 0.3 is 0 Å². The van der Waals surface area contributed by atoms with Gasteiger partial charge in [0.1, 0.15) is 0 Å². The molecule has 0 N–H and O–H groups in total. The van der Waals surface area contributed by atoms with Gasteiger partial charge in [-0.3, -0.25) is 0 Å². The van der Waals surface area contributed by atoms with Gasteiger partial charge in [0, 0.05) is 13.2 Å². The van der Waals surface area contributed by atoms with Crippen LogP contribution in [0.5, 0.6) is 0 Å². The fraction of sp³-hybridized carbons (Fsp3) is 1.00. The quantitative estimate of drug-likeness (QED) is 0.116. The Kier molecular flexibility index (Phi) is 33.3. The normalized spacial score (nSPS) is 12.4. The average Bonchev–Trinajstić information content (AvgIpc) is 2.91. The predicted molar refractivity (Wildman–Crippen MR) is 143 cm³/mol. The molecule has 37 heavy (non-hydrogen) atoms. The maximum atomic E-state index is 5.53. The smallest absolute Gasteiger partial charge is 0.0701 e. The monoisotopic (exact) mass is 540 g/mol. The molecule has 224 valence electrons. The van der Waals surface area contributed by atoms with E-state index in [4.69, 9.17) is 47.4 Å². The van der Waals surface area contributed by atoms with Gasteiger partial charge in [0.05, 0.1) is 119 Å². The van der Waals surface area contributed by atoms with E-state index in [0.29, 0.717) is 125 Å². The molecule has 0 saturated carbocycles. The van der Waals surface area contributed by atoms with Crippen LogP contribution in [0.25, 0.3) is 0 Å². The lowest BCUT2D eigenvalue weighted by Gasteiger charge is -2.10. The summed E-state index contributed by atoms with van der Waals surface area (Å²) in [6, 6.07) is 0. The molecule has 0 amide bonds. The molecule has 0 aliphatic heterocycles. The zero-order valence-corrected chi connectivity index (χ0v) is 23.9. The standard InChI is InChI=1S/C27H56O10/c1-4-6-7-28-8-9-29-10-11-30-12-13-31-14-15-32-16-17-33-18-19-34-20-21-35-22-23-36-24-25-37-26-27(3)5-2/h27H,4-26H2,1-3H3. The molecule has 10 nitrogen and oxygen atoms in total. The highest BCUT2D eigenvalue weighted by atomic mass is 16.6. The number of unbranched alkanes of at least 4 members (excludes halogenated alkanes) is 1. The van der Waals surface area contributed by atoms with Gasteiger partial charge in [0.2, 0.25) is 0 Å². The second kappa shape index (κ2) is 33.6. The van der Waals surface area contributed by atoms with Crippen LogP contribution >= 0.6 is 0 Å². The molecule has 0 aliphatic rings. The van der Waals surface area contributed by atoms with Gasteiger partial charge in [-0.25, -0.2) is 0 Å². The van der Waals surface area contributed by atoms with E-state index >= 15 is 0 Å². The van der Waals surface area contributed by atoms with E-state index in [-0.39, 0.29) is 0 Å². The summed E-state index contributed by atoms with van der Waals surface area (Å²) in [6.45, 7) is 18.2. The third kappa shape index (κ3) is 33.6. The predicted octanol–water partition coefficient (Wildman–Crippen LogP) is 3.00. The zero-order chi connectivity index (χ0) is 26.9. The Morgan fingerprint density at radius 3 is 0.838 bits per heavy atom. The van der Waals surface area contributed by atoms with E-state index in [9.17, 15) is 0 Å². The summed E-state index contributed by atoms with van der Waals surface area (Å²) in [4.78, 5) is 0. The van der Waals surface area contributed by atoms with Gasteiger partial charge < -0.3 is 47.4 Å². The van der Waals surface area contributed by atoms with Gasteiger partial charge in [0.15, 0.2) is 0 Å². The Bertz CT molecular complexity index is 403. The van der Waals surface area contributed by atoms with Crippen molar-refractivity contribution in [2.45, 2.75) is 40.0 Å². The van der Waals surface area contributed by atoms with Crippen molar-refractivity contribution < 1.29 is 47.4 Å². The van der Waals surface area contributed by atoms with Crippen LogP contribution in [-0.4, -0.2) is 132 Å². The molecule has 0 bridgehead atoms. The van der Waals surface area contributed by atoms with Gasteiger partial charge in [-0.1, -0.05) is 33.6 Å². The van der Waals surface area contributed by atoms with Crippen molar-refractivity contribution >= 4 is 0 Å². The fourth-order valence-electron chi connectivity index (χ4n) is 2.63. The van der Waals surface area contributed by atoms with E-state index in [2.05, 4.69) is 20.8 Å². The van der Waals surface area contributed by atoms with E-state index in [1.54, 1.807) is 0 Å². The largest absolute Gasteiger partial charge is 0.379 e. The Hall–Kier alpha value is -0.400. The summed E-state index contributed by atoms with van der Waals surface area (Å²) in [5.41, 5.74) is 0. The number of hydrogen-bond acceptors (Lipinski definition) is 10. The minimum absolute atomic E-state index is 0.533. The minimum Gasteiger partial charge on any atom is -0.379 e. The molecule has 0 heterocycles. The molecule has 0 radical (unpaired) electrons. The second-order valence-electron chi connectivity index (χ2n) is 8.45. The molecule has 10 heteroatoms. The van der Waals surface area contributed by atoms with Gasteiger partial charge in [-0.05, 0) is 12.3 Å². The third-order valence-corrected chi connectivity index (χ3v) is 5.09. The van der Waals surface area contributed by atoms with Crippen LogP contribution in [0.2, 0.25) is 0 Å². The van der Waals surface area contributed by atoms with E-state index in [1.807, 2.05) is 0 Å². The van der Waals surface area contributed by atoms with Crippen LogP contribution in [-0.2, 0) is 47.4 Å².